The van der Waals surface area contributed by atoms with Crippen LogP contribution >= 0.6 is 0 Å². The van der Waals surface area contributed by atoms with E-state index >= 15 is 0 Å². The van der Waals surface area contributed by atoms with Crippen LogP contribution in [0.3, 0.4) is 0 Å². The minimum atomic E-state index is 0. The molecule has 2 nitrogen and oxygen atoms in total. The molecule has 2 saturated carbocycles. The van der Waals surface area contributed by atoms with E-state index in [4.69, 9.17) is 0 Å². The highest BCUT2D eigenvalue weighted by Gasteiger charge is 2.46. The number of carbonyl (C=O) groups excluding carboxylic acids is 1. The van der Waals surface area contributed by atoms with Gasteiger partial charge in [0, 0.05) is 32.1 Å². The lowest BCUT2D eigenvalue weighted by molar-refractivity contribution is -0.114. The molecular formula is C31H47NO. The maximum Gasteiger partial charge on any atom is 0.156 e. The van der Waals surface area contributed by atoms with Crippen LogP contribution < -0.4 is 4.90 Å². The average Bonchev–Trinajstić information content (AvgIpc) is 3.29. The smallest absolute Gasteiger partial charge is 0.156 e. The third-order valence-corrected chi connectivity index (χ3v) is 7.78. The Hall–Kier alpha value is -2.09. The topological polar surface area (TPSA) is 20.3 Å². The summed E-state index contributed by atoms with van der Waals surface area (Å²) in [4.78, 5) is 14.2. The number of rotatable bonds is 2. The first-order valence-corrected chi connectivity index (χ1v) is 12.8. The molecule has 182 valence electrons. The van der Waals surface area contributed by atoms with Gasteiger partial charge in [-0.25, -0.2) is 0 Å². The zero-order valence-electron chi connectivity index (χ0n) is 20.8. The number of anilines is 1. The van der Waals surface area contributed by atoms with Crippen molar-refractivity contribution in [1.29, 1.82) is 0 Å². The van der Waals surface area contributed by atoms with Gasteiger partial charge in [0.2, 0.25) is 0 Å². The summed E-state index contributed by atoms with van der Waals surface area (Å²) in [7, 11) is 4.22. The van der Waals surface area contributed by atoms with E-state index in [1.807, 2.05) is 6.08 Å². The van der Waals surface area contributed by atoms with Crippen molar-refractivity contribution in [2.24, 2.45) is 17.8 Å². The average molecular weight is 450 g/mol. The quantitative estimate of drug-likeness (QED) is 0.422. The molecule has 0 aromatic heterocycles. The van der Waals surface area contributed by atoms with Crippen LogP contribution in [0.25, 0.3) is 0 Å². The van der Waals surface area contributed by atoms with E-state index in [1.54, 1.807) is 11.1 Å². The Bertz CT molecular complexity index is 844. The molecule has 4 unspecified atom stereocenters. The van der Waals surface area contributed by atoms with Crippen LogP contribution in [0, 0.1) is 17.8 Å². The van der Waals surface area contributed by atoms with Gasteiger partial charge in [0.25, 0.3) is 0 Å². The highest BCUT2D eigenvalue weighted by atomic mass is 16.1. The van der Waals surface area contributed by atoms with Gasteiger partial charge in [-0.05, 0) is 84.8 Å². The standard InChI is InChI=1S/C25H31NO.C3H8.C2H4.CH4/c1-26(2)19-9-6-16(7-10-19)24-15-17-4-3-5-21(17)23-12-8-18-14-20(27)11-13-22(18)25(23)24;1-3-2;1-2;/h6-7,9-10,14,17,21,23-24H,3-5,8,11-13,15H2,1-2H3;3H2,1-2H3;1-2H2;1H4. The van der Waals surface area contributed by atoms with Gasteiger partial charge < -0.3 is 4.90 Å². The lowest BCUT2D eigenvalue weighted by Gasteiger charge is -2.46. The number of hydrogen-bond donors (Lipinski definition) is 0. The monoisotopic (exact) mass is 449 g/mol. The molecule has 1 aromatic carbocycles. The van der Waals surface area contributed by atoms with Gasteiger partial charge in [-0.2, -0.15) is 0 Å². The predicted molar refractivity (Wildman–Crippen MR) is 145 cm³/mol. The first-order chi connectivity index (χ1) is 15.5. The SMILES string of the molecule is C.C=C.CCC.CN(C)c1ccc(C2CC3CCCC3C3CCC4=CC(=O)CCC4=C23)cc1. The molecule has 5 rings (SSSR count). The zero-order chi connectivity index (χ0) is 23.3. The van der Waals surface area contributed by atoms with Crippen LogP contribution in [0.1, 0.15) is 90.5 Å². The van der Waals surface area contributed by atoms with Crippen LogP contribution in [0.15, 0.2) is 60.2 Å². The van der Waals surface area contributed by atoms with Crippen LogP contribution in [-0.2, 0) is 4.79 Å². The second-order valence-corrected chi connectivity index (χ2v) is 10.1. The predicted octanol–water partition coefficient (Wildman–Crippen LogP) is 8.51. The number of carbonyl (C=O) groups is 1. The molecule has 4 aliphatic rings. The van der Waals surface area contributed by atoms with Gasteiger partial charge in [-0.1, -0.05) is 58.2 Å². The van der Waals surface area contributed by atoms with Gasteiger partial charge in [0.05, 0.1) is 0 Å². The fraction of sp³-hybridized carbons (Fsp3) is 0.581. The molecule has 0 aliphatic heterocycles. The fourth-order valence-corrected chi connectivity index (χ4v) is 6.56. The molecule has 4 atom stereocenters. The molecule has 33 heavy (non-hydrogen) atoms. The summed E-state index contributed by atoms with van der Waals surface area (Å²) in [6.45, 7) is 10.2. The molecule has 2 fully saturated rings. The van der Waals surface area contributed by atoms with Crippen molar-refractivity contribution in [3.63, 3.8) is 0 Å². The van der Waals surface area contributed by atoms with Gasteiger partial charge in [-0.15, -0.1) is 13.2 Å². The Kier molecular flexibility index (Phi) is 10.2. The van der Waals surface area contributed by atoms with E-state index in [0.717, 1.165) is 37.0 Å². The van der Waals surface area contributed by atoms with E-state index in [9.17, 15) is 4.79 Å². The van der Waals surface area contributed by atoms with E-state index in [2.05, 4.69) is 70.3 Å². The highest BCUT2D eigenvalue weighted by molar-refractivity contribution is 5.93. The summed E-state index contributed by atoms with van der Waals surface area (Å²) < 4.78 is 0. The van der Waals surface area contributed by atoms with Crippen LogP contribution in [0.5, 0.6) is 0 Å². The Morgan fingerprint density at radius 3 is 2.27 bits per heavy atom. The Morgan fingerprint density at radius 2 is 1.64 bits per heavy atom. The van der Waals surface area contributed by atoms with Gasteiger partial charge >= 0.3 is 0 Å². The van der Waals surface area contributed by atoms with E-state index in [-0.39, 0.29) is 7.43 Å². The zero-order valence-corrected chi connectivity index (χ0v) is 20.8. The third kappa shape index (κ3) is 5.70. The van der Waals surface area contributed by atoms with Gasteiger partial charge in [-0.3, -0.25) is 4.79 Å². The van der Waals surface area contributed by atoms with Crippen LogP contribution in [0.2, 0.25) is 0 Å². The Labute approximate surface area is 203 Å². The maximum absolute atomic E-state index is 12.0. The molecule has 0 amide bonds. The Morgan fingerprint density at radius 1 is 0.970 bits per heavy atom. The summed E-state index contributed by atoms with van der Waals surface area (Å²) >= 11 is 0. The van der Waals surface area contributed by atoms with Crippen molar-refractivity contribution in [3.8, 4) is 0 Å². The lowest BCUT2D eigenvalue weighted by atomic mass is 9.58. The van der Waals surface area contributed by atoms with Crippen LogP contribution in [0.4, 0.5) is 5.69 Å². The van der Waals surface area contributed by atoms with E-state index in [1.165, 1.54) is 55.3 Å². The number of ketones is 1. The minimum Gasteiger partial charge on any atom is -0.378 e. The number of hydrogen-bond acceptors (Lipinski definition) is 2. The van der Waals surface area contributed by atoms with E-state index < -0.39 is 0 Å². The summed E-state index contributed by atoms with van der Waals surface area (Å²) in [6, 6.07) is 9.29. The number of benzene rings is 1. The minimum absolute atomic E-state index is 0. The van der Waals surface area contributed by atoms with Crippen molar-refractivity contribution in [2.45, 2.75) is 85.0 Å². The number of allylic oxidation sites excluding steroid dienone is 4. The van der Waals surface area contributed by atoms with Crippen molar-refractivity contribution in [3.05, 3.63) is 65.8 Å². The fourth-order valence-electron chi connectivity index (χ4n) is 6.56. The molecule has 0 bridgehead atoms. The first-order valence-electron chi connectivity index (χ1n) is 12.8. The van der Waals surface area contributed by atoms with Crippen LogP contribution in [-0.4, -0.2) is 19.9 Å². The highest BCUT2D eigenvalue weighted by Crippen LogP contribution is 2.58. The molecule has 0 saturated heterocycles. The molecule has 0 spiro atoms. The van der Waals surface area contributed by atoms with Crippen molar-refractivity contribution >= 4 is 11.5 Å². The normalized spacial score (nSPS) is 27.3. The Balaban J connectivity index is 0.000000597. The number of fused-ring (bicyclic) bond motifs is 4. The molecule has 4 aliphatic carbocycles. The third-order valence-electron chi connectivity index (χ3n) is 7.78. The second kappa shape index (κ2) is 12.4. The maximum atomic E-state index is 12.0. The summed E-state index contributed by atoms with van der Waals surface area (Å²) in [5, 5.41) is 0. The molecular weight excluding hydrogens is 402 g/mol. The molecule has 0 heterocycles. The summed E-state index contributed by atoms with van der Waals surface area (Å²) in [5.74, 6) is 3.49. The summed E-state index contributed by atoms with van der Waals surface area (Å²) in [5.41, 5.74) is 7.47. The van der Waals surface area contributed by atoms with E-state index in [0.29, 0.717) is 11.7 Å². The van der Waals surface area contributed by atoms with Crippen molar-refractivity contribution < 1.29 is 4.79 Å². The largest absolute Gasteiger partial charge is 0.378 e. The molecule has 0 N–H and O–H groups in total. The number of nitrogens with zero attached hydrogens (tertiary/aromatic N) is 1. The lowest BCUT2D eigenvalue weighted by Crippen LogP contribution is -2.35. The molecule has 2 heteroatoms. The molecule has 0 radical (unpaired) electrons. The second-order valence-electron chi connectivity index (χ2n) is 10.1. The van der Waals surface area contributed by atoms with Gasteiger partial charge in [0.15, 0.2) is 5.78 Å². The summed E-state index contributed by atoms with van der Waals surface area (Å²) in [6.07, 6.45) is 12.9. The molecule has 1 aromatic rings. The first kappa shape index (κ1) is 27.2. The van der Waals surface area contributed by atoms with Crippen molar-refractivity contribution in [1.82, 2.24) is 0 Å². The van der Waals surface area contributed by atoms with Gasteiger partial charge in [0.1, 0.15) is 0 Å². The van der Waals surface area contributed by atoms with Crippen molar-refractivity contribution in [2.75, 3.05) is 19.0 Å².